The van der Waals surface area contributed by atoms with Gasteiger partial charge < -0.3 is 9.47 Å². The maximum Gasteiger partial charge on any atom is 0.343 e. The fraction of sp³-hybridized carbons (Fsp3) is 0.115. The van der Waals surface area contributed by atoms with E-state index in [1.54, 1.807) is 30.3 Å². The molecule has 1 aliphatic rings. The van der Waals surface area contributed by atoms with Gasteiger partial charge in [0, 0.05) is 4.47 Å². The Morgan fingerprint density at radius 2 is 1.74 bits per heavy atom. The van der Waals surface area contributed by atoms with Crippen molar-refractivity contribution in [1.29, 1.82) is 0 Å². The van der Waals surface area contributed by atoms with Gasteiger partial charge in [-0.05, 0) is 82.2 Å². The van der Waals surface area contributed by atoms with Gasteiger partial charge >= 0.3 is 5.97 Å². The molecule has 0 aromatic heterocycles. The van der Waals surface area contributed by atoms with Crippen LogP contribution in [0, 0.1) is 6.92 Å². The molecule has 2 amide bonds. The fourth-order valence-corrected chi connectivity index (χ4v) is 5.14. The molecule has 3 aromatic carbocycles. The summed E-state index contributed by atoms with van der Waals surface area (Å²) in [4.78, 5) is 39.6. The molecule has 4 rings (SSSR count). The van der Waals surface area contributed by atoms with E-state index in [4.69, 9.17) is 9.47 Å². The lowest BCUT2D eigenvalue weighted by molar-refractivity contribution is -0.123. The highest BCUT2D eigenvalue weighted by molar-refractivity contribution is 9.10. The molecule has 0 spiro atoms. The molecule has 35 heavy (non-hydrogen) atoms. The van der Waals surface area contributed by atoms with Gasteiger partial charge in [0.05, 0.1) is 28.6 Å². The number of benzene rings is 3. The van der Waals surface area contributed by atoms with Crippen molar-refractivity contribution in [1.82, 2.24) is 4.90 Å². The molecule has 178 valence electrons. The van der Waals surface area contributed by atoms with Gasteiger partial charge in [0.15, 0.2) is 11.5 Å². The number of aryl methyl sites for hydroxylation is 1. The van der Waals surface area contributed by atoms with Crippen LogP contribution in [-0.2, 0) is 11.3 Å². The average molecular weight is 617 g/mol. The molecule has 0 radical (unpaired) electrons. The van der Waals surface area contributed by atoms with E-state index in [-0.39, 0.29) is 23.4 Å². The molecule has 1 saturated heterocycles. The highest BCUT2D eigenvalue weighted by Gasteiger charge is 2.35. The number of halogens is 2. The first-order valence-corrected chi connectivity index (χ1v) is 12.8. The third kappa shape index (κ3) is 5.69. The summed E-state index contributed by atoms with van der Waals surface area (Å²) < 4.78 is 12.3. The number of methoxy groups -OCH3 is 1. The minimum atomic E-state index is -0.523. The van der Waals surface area contributed by atoms with Crippen LogP contribution in [0.25, 0.3) is 6.08 Å². The Kier molecular flexibility index (Phi) is 7.78. The lowest BCUT2D eigenvalue weighted by atomic mass is 10.1. The van der Waals surface area contributed by atoms with E-state index in [9.17, 15) is 14.4 Å². The number of thioether (sulfide) groups is 1. The van der Waals surface area contributed by atoms with Gasteiger partial charge in [-0.15, -0.1) is 0 Å². The van der Waals surface area contributed by atoms with Crippen molar-refractivity contribution in [3.8, 4) is 11.5 Å². The molecule has 0 bridgehead atoms. The number of esters is 1. The highest BCUT2D eigenvalue weighted by atomic mass is 79.9. The third-order valence-corrected chi connectivity index (χ3v) is 7.46. The molecule has 1 aliphatic heterocycles. The van der Waals surface area contributed by atoms with Gasteiger partial charge in [0.1, 0.15) is 0 Å². The van der Waals surface area contributed by atoms with Crippen molar-refractivity contribution in [2.45, 2.75) is 13.5 Å². The topological polar surface area (TPSA) is 72.9 Å². The first-order chi connectivity index (χ1) is 16.8. The Morgan fingerprint density at radius 1 is 1.03 bits per heavy atom. The maximum absolute atomic E-state index is 13.0. The molecule has 9 heteroatoms. The smallest absolute Gasteiger partial charge is 0.343 e. The summed E-state index contributed by atoms with van der Waals surface area (Å²) >= 11 is 7.76. The van der Waals surface area contributed by atoms with Crippen molar-refractivity contribution in [3.05, 3.63) is 96.8 Å². The molecule has 1 heterocycles. The second-order valence-electron chi connectivity index (χ2n) is 7.65. The van der Waals surface area contributed by atoms with Gasteiger partial charge in [-0.1, -0.05) is 51.8 Å². The average Bonchev–Trinajstić information content (AvgIpc) is 3.09. The lowest BCUT2D eigenvalue weighted by Gasteiger charge is -2.14. The van der Waals surface area contributed by atoms with Crippen molar-refractivity contribution < 1.29 is 23.9 Å². The molecule has 3 aromatic rings. The normalized spacial score (nSPS) is 14.5. The van der Waals surface area contributed by atoms with Gasteiger partial charge in [0.2, 0.25) is 0 Å². The molecule has 0 atom stereocenters. The van der Waals surface area contributed by atoms with Gasteiger partial charge in [0.25, 0.3) is 11.1 Å². The number of rotatable bonds is 6. The van der Waals surface area contributed by atoms with E-state index < -0.39 is 5.97 Å². The second kappa shape index (κ2) is 10.8. The summed E-state index contributed by atoms with van der Waals surface area (Å²) in [6.07, 6.45) is 1.61. The van der Waals surface area contributed by atoms with Crippen LogP contribution in [0.5, 0.6) is 11.5 Å². The number of imide groups is 1. The van der Waals surface area contributed by atoms with Crippen LogP contribution >= 0.6 is 43.6 Å². The minimum Gasteiger partial charge on any atom is -0.493 e. The van der Waals surface area contributed by atoms with Gasteiger partial charge in [-0.25, -0.2) is 4.79 Å². The van der Waals surface area contributed by atoms with E-state index in [1.807, 2.05) is 43.3 Å². The third-order valence-electron chi connectivity index (χ3n) is 5.19. The minimum absolute atomic E-state index is 0.171. The number of amides is 2. The predicted octanol–water partition coefficient (Wildman–Crippen LogP) is 6.98. The predicted molar refractivity (Wildman–Crippen MR) is 142 cm³/mol. The van der Waals surface area contributed by atoms with E-state index >= 15 is 0 Å². The van der Waals surface area contributed by atoms with E-state index in [0.29, 0.717) is 26.3 Å². The van der Waals surface area contributed by atoms with Crippen LogP contribution in [0.4, 0.5) is 4.79 Å². The van der Waals surface area contributed by atoms with Crippen molar-refractivity contribution in [2.75, 3.05) is 7.11 Å². The van der Waals surface area contributed by atoms with Crippen LogP contribution in [0.2, 0.25) is 0 Å². The standard InChI is InChI=1S/C26H19Br2NO5S/c1-15-7-9-17(10-8-15)25(31)34-23-20(28)11-16(12-21(23)33-2)13-22-24(30)29(26(32)35-22)14-18-5-3-4-6-19(18)27/h3-13H,14H2,1-2H3/b22-13-. The van der Waals surface area contributed by atoms with Crippen molar-refractivity contribution >= 4 is 66.8 Å². The molecular weight excluding hydrogens is 598 g/mol. The largest absolute Gasteiger partial charge is 0.493 e. The lowest BCUT2D eigenvalue weighted by Crippen LogP contribution is -2.27. The Labute approximate surface area is 223 Å². The summed E-state index contributed by atoms with van der Waals surface area (Å²) in [6, 6.07) is 17.8. The SMILES string of the molecule is COc1cc(/C=C2\SC(=O)N(Cc3ccccc3Br)C2=O)cc(Br)c1OC(=O)c1ccc(C)cc1. The maximum atomic E-state index is 13.0. The van der Waals surface area contributed by atoms with Gasteiger partial charge in [-0.3, -0.25) is 14.5 Å². The number of hydrogen-bond donors (Lipinski definition) is 0. The number of hydrogen-bond acceptors (Lipinski definition) is 6. The number of carbonyl (C=O) groups excluding carboxylic acids is 3. The van der Waals surface area contributed by atoms with Crippen LogP contribution in [-0.4, -0.2) is 29.1 Å². The molecule has 0 unspecified atom stereocenters. The van der Waals surface area contributed by atoms with Crippen LogP contribution in [0.3, 0.4) is 0 Å². The number of carbonyl (C=O) groups is 3. The zero-order valence-corrected chi connectivity index (χ0v) is 22.7. The first kappa shape index (κ1) is 25.2. The highest BCUT2D eigenvalue weighted by Crippen LogP contribution is 2.40. The van der Waals surface area contributed by atoms with Crippen molar-refractivity contribution in [3.63, 3.8) is 0 Å². The molecule has 0 saturated carbocycles. The Bertz CT molecular complexity index is 1350. The monoisotopic (exact) mass is 615 g/mol. The van der Waals surface area contributed by atoms with Crippen LogP contribution in [0.1, 0.15) is 27.0 Å². The van der Waals surface area contributed by atoms with E-state index in [1.165, 1.54) is 12.0 Å². The first-order valence-electron chi connectivity index (χ1n) is 10.4. The van der Waals surface area contributed by atoms with E-state index in [2.05, 4.69) is 31.9 Å². The summed E-state index contributed by atoms with van der Waals surface area (Å²) in [5, 5.41) is -0.341. The summed E-state index contributed by atoms with van der Waals surface area (Å²) in [5.41, 5.74) is 2.88. The summed E-state index contributed by atoms with van der Waals surface area (Å²) in [5.74, 6) is -0.374. The molecule has 1 fully saturated rings. The number of nitrogens with zero attached hydrogens (tertiary/aromatic N) is 1. The Hall–Kier alpha value is -2.88. The Balaban J connectivity index is 1.57. The van der Waals surface area contributed by atoms with Gasteiger partial charge in [-0.2, -0.15) is 0 Å². The quantitative estimate of drug-likeness (QED) is 0.169. The molecule has 0 N–H and O–H groups in total. The molecule has 6 nitrogen and oxygen atoms in total. The van der Waals surface area contributed by atoms with Crippen LogP contribution < -0.4 is 9.47 Å². The molecule has 0 aliphatic carbocycles. The van der Waals surface area contributed by atoms with Crippen LogP contribution in [0.15, 0.2) is 74.5 Å². The zero-order valence-electron chi connectivity index (χ0n) is 18.7. The zero-order chi connectivity index (χ0) is 25.1. The summed E-state index contributed by atoms with van der Waals surface area (Å²) in [7, 11) is 1.46. The fourth-order valence-electron chi connectivity index (χ4n) is 3.35. The molecular formula is C26H19Br2NO5S. The second-order valence-corrected chi connectivity index (χ2v) is 10.4. The van der Waals surface area contributed by atoms with Crippen molar-refractivity contribution in [2.24, 2.45) is 0 Å². The number of ether oxygens (including phenoxy) is 2. The summed E-state index contributed by atoms with van der Waals surface area (Å²) in [6.45, 7) is 2.10. The van der Waals surface area contributed by atoms with E-state index in [0.717, 1.165) is 27.4 Å². The Morgan fingerprint density at radius 3 is 2.43 bits per heavy atom.